The average molecular weight is 448 g/mol. The van der Waals surface area contributed by atoms with E-state index in [1.165, 1.54) is 16.4 Å². The molecule has 30 heavy (non-hydrogen) atoms. The Labute approximate surface area is 178 Å². The van der Waals surface area contributed by atoms with E-state index in [9.17, 15) is 18.0 Å². The van der Waals surface area contributed by atoms with Crippen LogP contribution in [0.4, 0.5) is 0 Å². The Balaban J connectivity index is 1.48. The highest BCUT2D eigenvalue weighted by atomic mass is 32.2. The normalized spacial score (nSPS) is 20.0. The molecule has 0 saturated carbocycles. The highest BCUT2D eigenvalue weighted by molar-refractivity contribution is 7.91. The van der Waals surface area contributed by atoms with Crippen LogP contribution in [0, 0.1) is 0 Å². The maximum Gasteiger partial charge on any atom is 0.253 e. The summed E-state index contributed by atoms with van der Waals surface area (Å²) < 4.78 is 27.8. The van der Waals surface area contributed by atoms with Gasteiger partial charge >= 0.3 is 0 Å². The number of rotatable bonds is 5. The molecular formula is C20H21N3O5S2. The van der Waals surface area contributed by atoms with E-state index >= 15 is 0 Å². The van der Waals surface area contributed by atoms with Gasteiger partial charge in [-0.2, -0.15) is 4.31 Å². The Morgan fingerprint density at radius 2 is 1.90 bits per heavy atom. The van der Waals surface area contributed by atoms with Crippen LogP contribution in [0.15, 0.2) is 58.4 Å². The summed E-state index contributed by atoms with van der Waals surface area (Å²) in [6.07, 6.45) is 1.61. The number of carbonyl (C=O) groups excluding carboxylic acids is 2. The van der Waals surface area contributed by atoms with Gasteiger partial charge in [0.1, 0.15) is 9.91 Å². The molecule has 2 aliphatic heterocycles. The molecule has 1 aromatic carbocycles. The zero-order chi connectivity index (χ0) is 21.3. The van der Waals surface area contributed by atoms with E-state index in [0.717, 1.165) is 11.3 Å². The summed E-state index contributed by atoms with van der Waals surface area (Å²) in [7, 11) is -3.77. The fourth-order valence-electron chi connectivity index (χ4n) is 3.50. The minimum Gasteiger partial charge on any atom is -0.336 e. The number of benzene rings is 1. The van der Waals surface area contributed by atoms with Gasteiger partial charge in [-0.1, -0.05) is 18.2 Å². The lowest BCUT2D eigenvalue weighted by molar-refractivity contribution is 0.0642. The number of carbonyl (C=O) groups is 2. The van der Waals surface area contributed by atoms with Crippen molar-refractivity contribution in [3.63, 3.8) is 0 Å². The molecule has 1 atom stereocenters. The number of amides is 1. The van der Waals surface area contributed by atoms with E-state index in [-0.39, 0.29) is 28.5 Å². The monoisotopic (exact) mass is 447 g/mol. The molecule has 8 nitrogen and oxygen atoms in total. The van der Waals surface area contributed by atoms with Gasteiger partial charge in [0.2, 0.25) is 5.78 Å². The summed E-state index contributed by atoms with van der Waals surface area (Å²) in [5.41, 5.74) is 3.42. The fourth-order valence-corrected chi connectivity index (χ4v) is 6.50. The van der Waals surface area contributed by atoms with Gasteiger partial charge in [0.15, 0.2) is 0 Å². The Kier molecular flexibility index (Phi) is 5.74. The minimum atomic E-state index is -3.77. The summed E-state index contributed by atoms with van der Waals surface area (Å²) in [4.78, 5) is 32.0. The fraction of sp³-hybridized carbons (Fsp3) is 0.300. The average Bonchev–Trinajstić information content (AvgIpc) is 3.45. The Bertz CT molecular complexity index is 1090. The predicted molar refractivity (Wildman–Crippen MR) is 112 cm³/mol. The maximum absolute atomic E-state index is 13.2. The smallest absolute Gasteiger partial charge is 0.253 e. The molecular weight excluding hydrogens is 426 g/mol. The van der Waals surface area contributed by atoms with Crippen molar-refractivity contribution in [1.82, 2.24) is 14.7 Å². The van der Waals surface area contributed by atoms with Crippen molar-refractivity contribution in [2.75, 3.05) is 26.2 Å². The quantitative estimate of drug-likeness (QED) is 0.704. The number of ketones is 1. The highest BCUT2D eigenvalue weighted by Crippen LogP contribution is 2.29. The van der Waals surface area contributed by atoms with Gasteiger partial charge < -0.3 is 4.90 Å². The van der Waals surface area contributed by atoms with Crippen LogP contribution in [0.2, 0.25) is 0 Å². The summed E-state index contributed by atoms with van der Waals surface area (Å²) >= 11 is 0.938. The largest absolute Gasteiger partial charge is 0.336 e. The number of piperazine rings is 1. The first-order valence-electron chi connectivity index (χ1n) is 9.46. The molecule has 1 aromatic heterocycles. The third kappa shape index (κ3) is 3.91. The molecule has 1 N–H and O–H groups in total. The van der Waals surface area contributed by atoms with Gasteiger partial charge in [0.25, 0.3) is 15.9 Å². The molecule has 3 heterocycles. The van der Waals surface area contributed by atoms with Crippen molar-refractivity contribution in [2.24, 2.45) is 0 Å². The first-order valence-corrected chi connectivity index (χ1v) is 11.7. The third-order valence-corrected chi connectivity index (χ3v) is 8.61. The van der Waals surface area contributed by atoms with Crippen molar-refractivity contribution in [3.05, 3.63) is 64.7 Å². The molecule has 2 aromatic rings. The summed E-state index contributed by atoms with van der Waals surface area (Å²) in [6, 6.07) is 11.5. The molecule has 0 radical (unpaired) electrons. The third-order valence-electron chi connectivity index (χ3n) is 5.04. The first-order chi connectivity index (χ1) is 14.4. The lowest BCUT2D eigenvalue weighted by Gasteiger charge is -2.38. The number of Topliss-reactive ketones (excluding diaryl/α,β-unsaturated/α-hetero) is 1. The van der Waals surface area contributed by atoms with Crippen LogP contribution < -0.4 is 5.48 Å². The van der Waals surface area contributed by atoms with Crippen LogP contribution in [0.3, 0.4) is 0 Å². The van der Waals surface area contributed by atoms with Crippen molar-refractivity contribution in [1.29, 1.82) is 0 Å². The Morgan fingerprint density at radius 1 is 1.13 bits per heavy atom. The molecule has 10 heteroatoms. The summed E-state index contributed by atoms with van der Waals surface area (Å²) in [5.74, 6) is -0.409. The van der Waals surface area contributed by atoms with Crippen LogP contribution in [0.1, 0.15) is 27.0 Å². The van der Waals surface area contributed by atoms with Crippen molar-refractivity contribution < 1.29 is 22.8 Å². The Morgan fingerprint density at radius 3 is 2.57 bits per heavy atom. The van der Waals surface area contributed by atoms with Crippen molar-refractivity contribution in [2.45, 2.75) is 17.2 Å². The summed E-state index contributed by atoms with van der Waals surface area (Å²) in [6.45, 7) is 2.89. The molecule has 1 fully saturated rings. The topological polar surface area (TPSA) is 96.0 Å². The molecule has 0 aliphatic carbocycles. The number of nitrogens with one attached hydrogen (secondary N) is 1. The molecule has 0 unspecified atom stereocenters. The van der Waals surface area contributed by atoms with Gasteiger partial charge in [-0.15, -0.1) is 11.3 Å². The zero-order valence-corrected chi connectivity index (χ0v) is 17.9. The minimum absolute atomic E-state index is 0.108. The summed E-state index contributed by atoms with van der Waals surface area (Å²) in [5, 5.41) is 0. The van der Waals surface area contributed by atoms with Gasteiger partial charge in [0.05, 0.1) is 11.5 Å². The van der Waals surface area contributed by atoms with Crippen molar-refractivity contribution in [3.8, 4) is 0 Å². The maximum atomic E-state index is 13.2. The lowest BCUT2D eigenvalue weighted by atomic mass is 10.1. The zero-order valence-electron chi connectivity index (χ0n) is 16.3. The predicted octanol–water partition coefficient (Wildman–Crippen LogP) is 1.88. The van der Waals surface area contributed by atoms with E-state index in [1.54, 1.807) is 42.2 Å². The number of hydrogen-bond donors (Lipinski definition) is 1. The van der Waals surface area contributed by atoms with Gasteiger partial charge in [-0.05, 0) is 37.3 Å². The van der Waals surface area contributed by atoms with Crippen molar-refractivity contribution >= 4 is 33.1 Å². The van der Waals surface area contributed by atoms with E-state index in [4.69, 9.17) is 4.84 Å². The second kappa shape index (κ2) is 8.31. The van der Waals surface area contributed by atoms with Crippen LogP contribution in [0.25, 0.3) is 0 Å². The first kappa shape index (κ1) is 20.7. The number of sulfonamides is 1. The highest BCUT2D eigenvalue weighted by Gasteiger charge is 2.36. The molecule has 158 valence electrons. The Hall–Kier alpha value is -2.53. The molecule has 1 saturated heterocycles. The standard InChI is InChI=1S/C20H21N3O5S2/c1-14-13-22(20(25)15-5-3-2-4-6-15)10-11-23(14)30(26,27)18-8-7-17(29-18)19(24)16-9-12-28-21-16/h2-9,14,21H,10-13H2,1H3/t14-/m1/s1. The molecule has 1 amide bonds. The molecule has 2 aliphatic rings. The number of hydroxylamine groups is 1. The number of hydrogen-bond acceptors (Lipinski definition) is 7. The number of thiophene rings is 1. The van der Waals surface area contributed by atoms with Gasteiger partial charge in [0, 0.05) is 31.2 Å². The van der Waals surface area contributed by atoms with Crippen LogP contribution in [-0.2, 0) is 14.9 Å². The molecule has 4 rings (SSSR count). The SMILES string of the molecule is C[C@@H]1CN(C(=O)c2ccccc2)CCN1S(=O)(=O)c1ccc(C(=O)C2=CCON2)s1. The van der Waals surface area contributed by atoms with Crippen LogP contribution >= 0.6 is 11.3 Å². The van der Waals surface area contributed by atoms with Crippen LogP contribution in [0.5, 0.6) is 0 Å². The van der Waals surface area contributed by atoms with Crippen LogP contribution in [-0.4, -0.2) is 61.6 Å². The van der Waals surface area contributed by atoms with E-state index in [0.29, 0.717) is 35.8 Å². The number of allylic oxidation sites excluding steroid dienone is 1. The number of nitrogens with zero attached hydrogens (tertiary/aromatic N) is 2. The molecule has 0 spiro atoms. The van der Waals surface area contributed by atoms with E-state index in [2.05, 4.69) is 5.48 Å². The molecule has 0 bridgehead atoms. The lowest BCUT2D eigenvalue weighted by Crippen LogP contribution is -2.55. The second-order valence-electron chi connectivity index (χ2n) is 7.06. The van der Waals surface area contributed by atoms with Gasteiger partial charge in [-0.25, -0.2) is 8.42 Å². The van der Waals surface area contributed by atoms with Gasteiger partial charge in [-0.3, -0.25) is 19.9 Å². The van der Waals surface area contributed by atoms with E-state index in [1.807, 2.05) is 6.07 Å². The van der Waals surface area contributed by atoms with E-state index < -0.39 is 10.0 Å². The second-order valence-corrected chi connectivity index (χ2v) is 10.3.